The van der Waals surface area contributed by atoms with Crippen LogP contribution < -0.4 is 10.5 Å². The number of hydrogen-bond donors (Lipinski definition) is 3. The molecular weight excluding hydrogens is 256 g/mol. The number of amidine groups is 1. The Hall–Kier alpha value is -2.47. The number of nitrogens with zero attached hydrogens (tertiary/aromatic N) is 2. The zero-order chi connectivity index (χ0) is 14.7. The van der Waals surface area contributed by atoms with Crippen molar-refractivity contribution in [2.24, 2.45) is 5.73 Å². The Balaban J connectivity index is 2.37. The summed E-state index contributed by atoms with van der Waals surface area (Å²) in [5.74, 6) is 0.641. The van der Waals surface area contributed by atoms with Crippen LogP contribution in [0, 0.1) is 19.3 Å². The molecule has 6 heteroatoms. The maximum Gasteiger partial charge on any atom is 0.250 e. The monoisotopic (exact) mass is 272 g/mol. The van der Waals surface area contributed by atoms with Gasteiger partial charge in [0.2, 0.25) is 5.88 Å². The van der Waals surface area contributed by atoms with Crippen LogP contribution in [0.1, 0.15) is 22.4 Å². The van der Waals surface area contributed by atoms with Crippen LogP contribution in [-0.2, 0) is 6.61 Å². The fourth-order valence-electron chi connectivity index (χ4n) is 1.75. The fourth-order valence-corrected chi connectivity index (χ4v) is 1.75. The molecule has 104 valence electrons. The molecule has 0 aliphatic heterocycles. The number of benzene rings is 1. The number of aliphatic hydroxyl groups excluding tert-OH is 1. The van der Waals surface area contributed by atoms with Crippen molar-refractivity contribution in [1.29, 1.82) is 5.41 Å². The number of hydrogen-bond acceptors (Lipinski definition) is 5. The van der Waals surface area contributed by atoms with Crippen molar-refractivity contribution in [3.8, 4) is 11.6 Å². The van der Waals surface area contributed by atoms with Crippen LogP contribution in [0.15, 0.2) is 24.3 Å². The summed E-state index contributed by atoms with van der Waals surface area (Å²) < 4.78 is 5.63. The van der Waals surface area contributed by atoms with Gasteiger partial charge in [-0.3, -0.25) is 5.41 Å². The standard InChI is InChI=1S/C14H16N4O2/c1-8-9(2)17-18-14(12(8)13(15)16)20-11-5-3-10(7-19)4-6-11/h3-6,19H,7H2,1-2H3,(H3,15,16). The molecule has 0 unspecified atom stereocenters. The summed E-state index contributed by atoms with van der Waals surface area (Å²) >= 11 is 0. The normalized spacial score (nSPS) is 10.3. The molecule has 1 aromatic carbocycles. The van der Waals surface area contributed by atoms with Crippen LogP contribution >= 0.6 is 0 Å². The highest BCUT2D eigenvalue weighted by atomic mass is 16.5. The second kappa shape index (κ2) is 5.66. The average Bonchev–Trinajstić information content (AvgIpc) is 2.43. The number of nitrogen functional groups attached to an aromatic ring is 1. The average molecular weight is 272 g/mol. The first-order valence-corrected chi connectivity index (χ1v) is 6.09. The summed E-state index contributed by atoms with van der Waals surface area (Å²) in [4.78, 5) is 0. The first-order valence-electron chi connectivity index (χ1n) is 6.09. The van der Waals surface area contributed by atoms with Crippen molar-refractivity contribution in [2.75, 3.05) is 0 Å². The summed E-state index contributed by atoms with van der Waals surface area (Å²) in [5, 5.41) is 24.6. The third kappa shape index (κ3) is 2.75. The lowest BCUT2D eigenvalue weighted by Crippen LogP contribution is -2.16. The lowest BCUT2D eigenvalue weighted by Gasteiger charge is -2.12. The molecule has 0 spiro atoms. The molecule has 0 amide bonds. The Morgan fingerprint density at radius 2 is 1.90 bits per heavy atom. The highest BCUT2D eigenvalue weighted by molar-refractivity contribution is 5.98. The predicted molar refractivity (Wildman–Crippen MR) is 75.0 cm³/mol. The van der Waals surface area contributed by atoms with E-state index in [1.54, 1.807) is 31.2 Å². The number of aromatic nitrogens is 2. The number of nitrogens with one attached hydrogen (secondary N) is 1. The highest BCUT2D eigenvalue weighted by Gasteiger charge is 2.15. The molecule has 1 aromatic heterocycles. The molecule has 2 rings (SSSR count). The highest BCUT2D eigenvalue weighted by Crippen LogP contribution is 2.25. The minimum absolute atomic E-state index is 0.0254. The molecule has 0 fully saturated rings. The van der Waals surface area contributed by atoms with E-state index in [0.717, 1.165) is 11.1 Å². The number of ether oxygens (including phenoxy) is 1. The van der Waals surface area contributed by atoms with Gasteiger partial charge in [0.05, 0.1) is 17.9 Å². The van der Waals surface area contributed by atoms with E-state index < -0.39 is 0 Å². The second-order valence-electron chi connectivity index (χ2n) is 4.41. The van der Waals surface area contributed by atoms with Gasteiger partial charge in [-0.15, -0.1) is 5.10 Å². The van der Waals surface area contributed by atoms with E-state index in [9.17, 15) is 0 Å². The molecule has 0 aliphatic carbocycles. The zero-order valence-electron chi connectivity index (χ0n) is 11.3. The van der Waals surface area contributed by atoms with Gasteiger partial charge in [-0.2, -0.15) is 5.10 Å². The Labute approximate surface area is 116 Å². The van der Waals surface area contributed by atoms with Gasteiger partial charge in [0.1, 0.15) is 11.6 Å². The van der Waals surface area contributed by atoms with Crippen molar-refractivity contribution in [3.05, 3.63) is 46.6 Å². The second-order valence-corrected chi connectivity index (χ2v) is 4.41. The number of nitrogens with two attached hydrogens (primary N) is 1. The number of rotatable bonds is 4. The minimum Gasteiger partial charge on any atom is -0.437 e. The van der Waals surface area contributed by atoms with E-state index in [4.69, 9.17) is 21.0 Å². The molecule has 0 saturated heterocycles. The zero-order valence-corrected chi connectivity index (χ0v) is 11.3. The molecule has 6 nitrogen and oxygen atoms in total. The SMILES string of the molecule is Cc1nnc(Oc2ccc(CO)cc2)c(C(=N)N)c1C. The van der Waals surface area contributed by atoms with Gasteiger partial charge in [0.25, 0.3) is 0 Å². The van der Waals surface area contributed by atoms with Crippen LogP contribution in [0.4, 0.5) is 0 Å². The van der Waals surface area contributed by atoms with Crippen LogP contribution in [0.3, 0.4) is 0 Å². The van der Waals surface area contributed by atoms with E-state index in [1.165, 1.54) is 0 Å². The molecule has 0 saturated carbocycles. The van der Waals surface area contributed by atoms with E-state index in [0.29, 0.717) is 17.0 Å². The van der Waals surface area contributed by atoms with Gasteiger partial charge in [0, 0.05) is 0 Å². The molecule has 0 radical (unpaired) electrons. The maximum absolute atomic E-state index is 8.99. The van der Waals surface area contributed by atoms with Gasteiger partial charge in [-0.25, -0.2) is 0 Å². The van der Waals surface area contributed by atoms with E-state index in [2.05, 4.69) is 10.2 Å². The molecule has 0 aliphatic rings. The summed E-state index contributed by atoms with van der Waals surface area (Å²) in [5.41, 5.74) is 8.30. The Bertz CT molecular complexity index is 638. The topological polar surface area (TPSA) is 105 Å². The number of aliphatic hydroxyl groups is 1. The quantitative estimate of drug-likeness (QED) is 0.580. The molecule has 0 atom stereocenters. The van der Waals surface area contributed by atoms with Gasteiger partial charge in [-0.05, 0) is 37.1 Å². The van der Waals surface area contributed by atoms with Crippen molar-refractivity contribution >= 4 is 5.84 Å². The van der Waals surface area contributed by atoms with Crippen molar-refractivity contribution in [3.63, 3.8) is 0 Å². The lowest BCUT2D eigenvalue weighted by atomic mass is 10.1. The van der Waals surface area contributed by atoms with E-state index >= 15 is 0 Å². The van der Waals surface area contributed by atoms with Gasteiger partial charge in [0.15, 0.2) is 0 Å². The van der Waals surface area contributed by atoms with Crippen LogP contribution in [0.2, 0.25) is 0 Å². The first-order chi connectivity index (χ1) is 9.52. The van der Waals surface area contributed by atoms with Crippen LogP contribution in [0.25, 0.3) is 0 Å². The lowest BCUT2D eigenvalue weighted by molar-refractivity contribution is 0.281. The Morgan fingerprint density at radius 1 is 1.25 bits per heavy atom. The van der Waals surface area contributed by atoms with Gasteiger partial charge < -0.3 is 15.6 Å². The van der Waals surface area contributed by atoms with Crippen LogP contribution in [0.5, 0.6) is 11.6 Å². The van der Waals surface area contributed by atoms with E-state index in [1.807, 2.05) is 6.92 Å². The molecular formula is C14H16N4O2. The van der Waals surface area contributed by atoms with Crippen molar-refractivity contribution in [1.82, 2.24) is 10.2 Å². The third-order valence-corrected chi connectivity index (χ3v) is 3.01. The van der Waals surface area contributed by atoms with E-state index in [-0.39, 0.29) is 18.3 Å². The van der Waals surface area contributed by atoms with Gasteiger partial charge >= 0.3 is 0 Å². The van der Waals surface area contributed by atoms with Crippen LogP contribution in [-0.4, -0.2) is 21.1 Å². The third-order valence-electron chi connectivity index (χ3n) is 3.01. The number of aryl methyl sites for hydroxylation is 1. The first kappa shape index (κ1) is 14.0. The molecule has 0 bridgehead atoms. The van der Waals surface area contributed by atoms with Gasteiger partial charge in [-0.1, -0.05) is 12.1 Å². The predicted octanol–water partition coefficient (Wildman–Crippen LogP) is 1.66. The Morgan fingerprint density at radius 3 is 2.45 bits per heavy atom. The fraction of sp³-hybridized carbons (Fsp3) is 0.214. The molecule has 1 heterocycles. The smallest absolute Gasteiger partial charge is 0.250 e. The molecule has 2 aromatic rings. The van der Waals surface area contributed by atoms with Crippen molar-refractivity contribution in [2.45, 2.75) is 20.5 Å². The molecule has 4 N–H and O–H groups in total. The maximum atomic E-state index is 8.99. The minimum atomic E-state index is -0.109. The summed E-state index contributed by atoms with van der Waals surface area (Å²) in [6.07, 6.45) is 0. The summed E-state index contributed by atoms with van der Waals surface area (Å²) in [7, 11) is 0. The summed E-state index contributed by atoms with van der Waals surface area (Å²) in [6.45, 7) is 3.60. The molecule has 20 heavy (non-hydrogen) atoms. The van der Waals surface area contributed by atoms with Crippen molar-refractivity contribution < 1.29 is 9.84 Å². The summed E-state index contributed by atoms with van der Waals surface area (Å²) in [6, 6.07) is 6.92. The largest absolute Gasteiger partial charge is 0.437 e. The Kier molecular flexibility index (Phi) is 3.95.